The molecule has 1 heterocycles. The monoisotopic (exact) mass is 338 g/mol. The second kappa shape index (κ2) is 6.84. The molecule has 0 aliphatic rings. The standard InChI is InChI=1S/C14H15BrN2OS/c1-2-16-9-10-4-3-5-11(8-10)17-14(18)13-12(15)6-7-19-13/h3-8,16H,2,9H2,1H3,(H,17,18). The molecule has 0 spiro atoms. The molecule has 0 aliphatic carbocycles. The predicted octanol–water partition coefficient (Wildman–Crippen LogP) is 3.87. The van der Waals surface area contributed by atoms with Gasteiger partial charge >= 0.3 is 0 Å². The third kappa shape index (κ3) is 3.89. The van der Waals surface area contributed by atoms with Gasteiger partial charge in [0.2, 0.25) is 0 Å². The maximum atomic E-state index is 12.1. The quantitative estimate of drug-likeness (QED) is 0.868. The van der Waals surface area contributed by atoms with Crippen LogP contribution in [0, 0.1) is 0 Å². The van der Waals surface area contributed by atoms with Crippen LogP contribution in [0.1, 0.15) is 22.2 Å². The highest BCUT2D eigenvalue weighted by Gasteiger charge is 2.11. The van der Waals surface area contributed by atoms with Crippen LogP contribution in [0.2, 0.25) is 0 Å². The summed E-state index contributed by atoms with van der Waals surface area (Å²) in [5, 5.41) is 8.07. The van der Waals surface area contributed by atoms with E-state index in [1.807, 2.05) is 35.7 Å². The van der Waals surface area contributed by atoms with E-state index in [4.69, 9.17) is 0 Å². The zero-order chi connectivity index (χ0) is 13.7. The molecule has 0 fully saturated rings. The van der Waals surface area contributed by atoms with Crippen molar-refractivity contribution in [3.8, 4) is 0 Å². The number of carbonyl (C=O) groups excluding carboxylic acids is 1. The van der Waals surface area contributed by atoms with Crippen LogP contribution in [0.25, 0.3) is 0 Å². The van der Waals surface area contributed by atoms with Crippen LogP contribution in [0.5, 0.6) is 0 Å². The fourth-order valence-electron chi connectivity index (χ4n) is 1.67. The number of benzene rings is 1. The molecule has 0 unspecified atom stereocenters. The number of thiophene rings is 1. The molecule has 0 atom stereocenters. The minimum absolute atomic E-state index is 0.0810. The maximum Gasteiger partial charge on any atom is 0.266 e. The normalized spacial score (nSPS) is 10.4. The third-order valence-corrected chi connectivity index (χ3v) is 4.42. The van der Waals surface area contributed by atoms with Crippen LogP contribution >= 0.6 is 27.3 Å². The van der Waals surface area contributed by atoms with Gasteiger partial charge in [0.1, 0.15) is 4.88 Å². The Bertz CT molecular complexity index is 568. The summed E-state index contributed by atoms with van der Waals surface area (Å²) < 4.78 is 0.832. The number of nitrogens with one attached hydrogen (secondary N) is 2. The van der Waals surface area contributed by atoms with Crippen molar-refractivity contribution in [2.45, 2.75) is 13.5 Å². The number of halogens is 1. The lowest BCUT2D eigenvalue weighted by Crippen LogP contribution is -2.13. The largest absolute Gasteiger partial charge is 0.321 e. The van der Waals surface area contributed by atoms with Crippen molar-refractivity contribution in [1.82, 2.24) is 5.32 Å². The topological polar surface area (TPSA) is 41.1 Å². The van der Waals surface area contributed by atoms with Crippen LogP contribution in [0.3, 0.4) is 0 Å². The van der Waals surface area contributed by atoms with Gasteiger partial charge < -0.3 is 10.6 Å². The van der Waals surface area contributed by atoms with E-state index >= 15 is 0 Å². The molecule has 2 rings (SSSR count). The first-order chi connectivity index (χ1) is 9.20. The van der Waals surface area contributed by atoms with Crippen LogP contribution in [0.4, 0.5) is 5.69 Å². The molecular weight excluding hydrogens is 324 g/mol. The van der Waals surface area contributed by atoms with Crippen molar-refractivity contribution in [3.05, 3.63) is 50.6 Å². The molecule has 2 aromatic rings. The van der Waals surface area contributed by atoms with Gasteiger partial charge in [0.25, 0.3) is 5.91 Å². The number of rotatable bonds is 5. The Labute approximate surface area is 125 Å². The predicted molar refractivity (Wildman–Crippen MR) is 83.8 cm³/mol. The highest BCUT2D eigenvalue weighted by Crippen LogP contribution is 2.23. The first kappa shape index (κ1) is 14.2. The summed E-state index contributed by atoms with van der Waals surface area (Å²) >= 11 is 4.79. The Balaban J connectivity index is 2.07. The summed E-state index contributed by atoms with van der Waals surface area (Å²) in [5.74, 6) is -0.0810. The van der Waals surface area contributed by atoms with Crippen molar-refractivity contribution < 1.29 is 4.79 Å². The van der Waals surface area contributed by atoms with Gasteiger partial charge in [-0.15, -0.1) is 11.3 Å². The second-order valence-electron chi connectivity index (χ2n) is 4.03. The first-order valence-corrected chi connectivity index (χ1v) is 7.72. The van der Waals surface area contributed by atoms with E-state index in [0.717, 1.165) is 28.8 Å². The molecule has 1 amide bonds. The van der Waals surface area contributed by atoms with Crippen molar-refractivity contribution in [2.75, 3.05) is 11.9 Å². The molecule has 1 aromatic heterocycles. The van der Waals surface area contributed by atoms with Gasteiger partial charge in [-0.1, -0.05) is 19.1 Å². The molecule has 3 nitrogen and oxygen atoms in total. The van der Waals surface area contributed by atoms with Crippen LogP contribution in [-0.4, -0.2) is 12.5 Å². The number of hydrogen-bond acceptors (Lipinski definition) is 3. The summed E-state index contributed by atoms with van der Waals surface area (Å²) in [6, 6.07) is 9.75. The molecule has 19 heavy (non-hydrogen) atoms. The lowest BCUT2D eigenvalue weighted by molar-refractivity contribution is 0.103. The van der Waals surface area contributed by atoms with Gasteiger partial charge in [0, 0.05) is 16.7 Å². The van der Waals surface area contributed by atoms with Crippen LogP contribution in [0.15, 0.2) is 40.2 Å². The Morgan fingerprint density at radius 1 is 1.37 bits per heavy atom. The molecular formula is C14H15BrN2OS. The lowest BCUT2D eigenvalue weighted by atomic mass is 10.2. The maximum absolute atomic E-state index is 12.1. The summed E-state index contributed by atoms with van der Waals surface area (Å²) in [6.45, 7) is 3.81. The van der Waals surface area contributed by atoms with E-state index in [1.54, 1.807) is 0 Å². The number of carbonyl (C=O) groups is 1. The molecule has 0 saturated heterocycles. The average Bonchev–Trinajstić information content (AvgIpc) is 2.83. The zero-order valence-corrected chi connectivity index (χ0v) is 13.0. The van der Waals surface area contributed by atoms with Gasteiger partial charge in [-0.25, -0.2) is 0 Å². The summed E-state index contributed by atoms with van der Waals surface area (Å²) in [6.07, 6.45) is 0. The van der Waals surface area contributed by atoms with Crippen molar-refractivity contribution >= 4 is 38.9 Å². The Hall–Kier alpha value is -1.17. The molecule has 5 heteroatoms. The highest BCUT2D eigenvalue weighted by molar-refractivity contribution is 9.10. The van der Waals surface area contributed by atoms with Gasteiger partial charge in [0.05, 0.1) is 0 Å². The lowest BCUT2D eigenvalue weighted by Gasteiger charge is -2.07. The second-order valence-corrected chi connectivity index (χ2v) is 5.80. The summed E-state index contributed by atoms with van der Waals surface area (Å²) in [4.78, 5) is 12.8. The Kier molecular flexibility index (Phi) is 5.13. The summed E-state index contributed by atoms with van der Waals surface area (Å²) in [5.41, 5.74) is 1.98. The summed E-state index contributed by atoms with van der Waals surface area (Å²) in [7, 11) is 0. The SMILES string of the molecule is CCNCc1cccc(NC(=O)c2sccc2Br)c1. The Morgan fingerprint density at radius 3 is 2.89 bits per heavy atom. The molecule has 0 saturated carbocycles. The van der Waals surface area contributed by atoms with Gasteiger partial charge in [-0.2, -0.15) is 0 Å². The highest BCUT2D eigenvalue weighted by atomic mass is 79.9. The molecule has 0 bridgehead atoms. The fourth-order valence-corrected chi connectivity index (χ4v) is 3.12. The van der Waals surface area contributed by atoms with Crippen molar-refractivity contribution in [2.24, 2.45) is 0 Å². The molecule has 1 aromatic carbocycles. The fraction of sp³-hybridized carbons (Fsp3) is 0.214. The number of anilines is 1. The van der Waals surface area contributed by atoms with Crippen molar-refractivity contribution in [3.63, 3.8) is 0 Å². The molecule has 100 valence electrons. The minimum Gasteiger partial charge on any atom is -0.321 e. The molecule has 0 radical (unpaired) electrons. The van der Waals surface area contributed by atoms with Gasteiger partial charge in [-0.3, -0.25) is 4.79 Å². The van der Waals surface area contributed by atoms with E-state index in [1.165, 1.54) is 11.3 Å². The van der Waals surface area contributed by atoms with Crippen LogP contribution < -0.4 is 10.6 Å². The molecule has 0 aliphatic heterocycles. The van der Waals surface area contributed by atoms with E-state index < -0.39 is 0 Å². The van der Waals surface area contributed by atoms with Gasteiger partial charge in [-0.05, 0) is 51.6 Å². The Morgan fingerprint density at radius 2 is 2.21 bits per heavy atom. The smallest absolute Gasteiger partial charge is 0.266 e. The number of hydrogen-bond donors (Lipinski definition) is 2. The molecule has 2 N–H and O–H groups in total. The van der Waals surface area contributed by atoms with E-state index in [9.17, 15) is 4.79 Å². The first-order valence-electron chi connectivity index (χ1n) is 6.04. The van der Waals surface area contributed by atoms with Crippen LogP contribution in [-0.2, 0) is 6.54 Å². The third-order valence-electron chi connectivity index (χ3n) is 2.59. The van der Waals surface area contributed by atoms with E-state index in [0.29, 0.717) is 4.88 Å². The minimum atomic E-state index is -0.0810. The average molecular weight is 339 g/mol. The zero-order valence-electron chi connectivity index (χ0n) is 10.6. The van der Waals surface area contributed by atoms with E-state index in [2.05, 4.69) is 33.5 Å². The van der Waals surface area contributed by atoms with Gasteiger partial charge in [0.15, 0.2) is 0 Å². The van der Waals surface area contributed by atoms with Crippen molar-refractivity contribution in [1.29, 1.82) is 0 Å². The number of amides is 1. The van der Waals surface area contributed by atoms with E-state index in [-0.39, 0.29) is 5.91 Å².